The largest absolute Gasteiger partial charge is 0.477 e. The van der Waals surface area contributed by atoms with E-state index in [1.807, 2.05) is 0 Å². The predicted octanol–water partition coefficient (Wildman–Crippen LogP) is 1.56. The van der Waals surface area contributed by atoms with Crippen molar-refractivity contribution in [3.05, 3.63) is 39.7 Å². The number of hydrogen-bond acceptors (Lipinski definition) is 6. The molecule has 0 aliphatic carbocycles. The second-order valence-corrected chi connectivity index (χ2v) is 6.73. The number of furan rings is 1. The number of carbonyl (C=O) groups is 2. The van der Waals surface area contributed by atoms with Crippen molar-refractivity contribution >= 4 is 41.5 Å². The van der Waals surface area contributed by atoms with Gasteiger partial charge in [-0.3, -0.25) is 9.69 Å². The number of β-lactam (4-membered cyclic amide) rings is 1. The number of rotatable bonds is 5. The molecule has 2 aliphatic rings. The maximum Gasteiger partial charge on any atom is 0.354 e. The number of aliphatic hydroxyl groups excluding tert-OH is 1. The van der Waals surface area contributed by atoms with Crippen molar-refractivity contribution < 1.29 is 24.2 Å². The van der Waals surface area contributed by atoms with Crippen LogP contribution in [0.4, 0.5) is 0 Å². The lowest BCUT2D eigenvalue weighted by Gasteiger charge is -2.36. The third-order valence-corrected chi connectivity index (χ3v) is 5.57. The van der Waals surface area contributed by atoms with Crippen LogP contribution >= 0.6 is 23.5 Å². The summed E-state index contributed by atoms with van der Waals surface area (Å²) in [5.41, 5.74) is 0.526. The van der Waals surface area contributed by atoms with Crippen molar-refractivity contribution in [2.24, 2.45) is 0 Å². The van der Waals surface area contributed by atoms with Crippen molar-refractivity contribution in [2.45, 2.75) is 5.37 Å². The zero-order chi connectivity index (χ0) is 15.0. The van der Waals surface area contributed by atoms with E-state index in [0.717, 1.165) is 0 Å². The van der Waals surface area contributed by atoms with E-state index < -0.39 is 5.97 Å². The number of carbonyl (C=O) groups excluding carboxylic acids is 1. The van der Waals surface area contributed by atoms with Gasteiger partial charge in [-0.05, 0) is 18.2 Å². The zero-order valence-corrected chi connectivity index (χ0v) is 12.3. The van der Waals surface area contributed by atoms with Gasteiger partial charge in [-0.25, -0.2) is 4.79 Å². The molecule has 1 fully saturated rings. The number of hydrogen-bond donors (Lipinski definition) is 2. The highest BCUT2D eigenvalue weighted by Crippen LogP contribution is 2.53. The molecule has 110 valence electrons. The molecule has 8 heteroatoms. The standard InChI is InChI=1S/C13H11NO5S2/c15-3-5-20-13-9(12(17)18)14-10(16)8(11(14)21-13)6-7-2-1-4-19-7/h1-2,4,6,11,15H,3,5H2,(H,17,18)/t11-/m1/s1. The van der Waals surface area contributed by atoms with Gasteiger partial charge in [-0.15, -0.1) is 11.8 Å². The summed E-state index contributed by atoms with van der Waals surface area (Å²) in [4.78, 5) is 24.8. The Bertz CT molecular complexity index is 650. The van der Waals surface area contributed by atoms with Crippen molar-refractivity contribution in [1.29, 1.82) is 0 Å². The highest BCUT2D eigenvalue weighted by atomic mass is 32.2. The van der Waals surface area contributed by atoms with Gasteiger partial charge in [-0.2, -0.15) is 0 Å². The van der Waals surface area contributed by atoms with Crippen molar-refractivity contribution in [1.82, 2.24) is 4.90 Å². The lowest BCUT2D eigenvalue weighted by Crippen LogP contribution is -2.51. The Morgan fingerprint density at radius 1 is 1.57 bits per heavy atom. The molecule has 1 amide bonds. The molecule has 0 aromatic carbocycles. The fourth-order valence-corrected chi connectivity index (χ4v) is 4.60. The molecule has 0 unspecified atom stereocenters. The molecule has 3 rings (SSSR count). The van der Waals surface area contributed by atoms with E-state index >= 15 is 0 Å². The summed E-state index contributed by atoms with van der Waals surface area (Å²) in [6.07, 6.45) is 3.15. The van der Waals surface area contributed by atoms with E-state index in [4.69, 9.17) is 9.52 Å². The normalized spacial score (nSPS) is 22.7. The average Bonchev–Trinajstić information content (AvgIpc) is 3.08. The molecule has 1 aromatic rings. The molecule has 0 saturated carbocycles. The molecule has 2 aliphatic heterocycles. The third kappa shape index (κ3) is 2.39. The Morgan fingerprint density at radius 2 is 2.38 bits per heavy atom. The van der Waals surface area contributed by atoms with Gasteiger partial charge in [0.05, 0.1) is 22.7 Å². The summed E-state index contributed by atoms with van der Waals surface area (Å²) in [5.74, 6) is -0.492. The van der Waals surface area contributed by atoms with E-state index in [1.54, 1.807) is 18.2 Å². The van der Waals surface area contributed by atoms with E-state index in [9.17, 15) is 14.7 Å². The summed E-state index contributed by atoms with van der Waals surface area (Å²) in [6, 6.07) is 3.45. The molecular formula is C13H11NO5S2. The number of thioether (sulfide) groups is 2. The van der Waals surface area contributed by atoms with Gasteiger partial charge < -0.3 is 14.6 Å². The number of fused-ring (bicyclic) bond motifs is 1. The minimum Gasteiger partial charge on any atom is -0.477 e. The summed E-state index contributed by atoms with van der Waals surface area (Å²) in [6.45, 7) is -0.0463. The van der Waals surface area contributed by atoms with Crippen LogP contribution in [-0.4, -0.2) is 44.7 Å². The second-order valence-electron chi connectivity index (χ2n) is 4.27. The van der Waals surface area contributed by atoms with Gasteiger partial charge in [0.1, 0.15) is 11.1 Å². The summed E-state index contributed by atoms with van der Waals surface area (Å²) >= 11 is 2.56. The summed E-state index contributed by atoms with van der Waals surface area (Å²) < 4.78 is 5.73. The lowest BCUT2D eigenvalue weighted by molar-refractivity contribution is -0.141. The van der Waals surface area contributed by atoms with Crippen molar-refractivity contribution in [3.63, 3.8) is 0 Å². The summed E-state index contributed by atoms with van der Waals surface area (Å²) in [5, 5.41) is 17.8. The van der Waals surface area contributed by atoms with Gasteiger partial charge in [0.2, 0.25) is 0 Å². The topological polar surface area (TPSA) is 91.0 Å². The second kappa shape index (κ2) is 5.63. The Morgan fingerprint density at radius 3 is 3.00 bits per heavy atom. The molecule has 6 nitrogen and oxygen atoms in total. The maximum absolute atomic E-state index is 12.2. The molecule has 2 N–H and O–H groups in total. The van der Waals surface area contributed by atoms with Crippen LogP contribution in [0.3, 0.4) is 0 Å². The SMILES string of the molecule is O=C(O)C1=C(SCCO)S[C@@H]2C(=Cc3ccco3)C(=O)N12. The lowest BCUT2D eigenvalue weighted by atomic mass is 10.0. The molecule has 0 bridgehead atoms. The van der Waals surface area contributed by atoms with Crippen LogP contribution < -0.4 is 0 Å². The van der Waals surface area contributed by atoms with Crippen LogP contribution in [0.1, 0.15) is 5.76 Å². The quantitative estimate of drug-likeness (QED) is 0.627. The van der Waals surface area contributed by atoms with Gasteiger partial charge in [-0.1, -0.05) is 11.8 Å². The van der Waals surface area contributed by atoms with Gasteiger partial charge in [0.15, 0.2) is 5.70 Å². The number of aliphatic carboxylic acids is 1. The van der Waals surface area contributed by atoms with Crippen LogP contribution in [0.5, 0.6) is 0 Å². The fraction of sp³-hybridized carbons (Fsp3) is 0.231. The van der Waals surface area contributed by atoms with E-state index in [0.29, 0.717) is 21.3 Å². The monoisotopic (exact) mass is 325 g/mol. The highest BCUT2D eigenvalue weighted by molar-refractivity contribution is 8.22. The van der Waals surface area contributed by atoms with Gasteiger partial charge >= 0.3 is 5.97 Å². The van der Waals surface area contributed by atoms with Crippen LogP contribution in [-0.2, 0) is 9.59 Å². The first kappa shape index (κ1) is 14.3. The maximum atomic E-state index is 12.2. The number of carboxylic acids is 1. The Labute approximate surface area is 128 Å². The molecular weight excluding hydrogens is 314 g/mol. The average molecular weight is 325 g/mol. The smallest absolute Gasteiger partial charge is 0.354 e. The van der Waals surface area contributed by atoms with Crippen molar-refractivity contribution in [3.8, 4) is 0 Å². The number of aliphatic hydroxyl groups is 1. The predicted molar refractivity (Wildman–Crippen MR) is 79.1 cm³/mol. The molecule has 1 saturated heterocycles. The fourth-order valence-electron chi connectivity index (χ4n) is 2.11. The van der Waals surface area contributed by atoms with Gasteiger partial charge in [0, 0.05) is 5.75 Å². The minimum absolute atomic E-state index is 0.00467. The minimum atomic E-state index is -1.13. The molecule has 1 aromatic heterocycles. The third-order valence-electron chi connectivity index (χ3n) is 2.99. The number of nitrogens with zero attached hydrogens (tertiary/aromatic N) is 1. The Balaban J connectivity index is 1.86. The Kier molecular flexibility index (Phi) is 3.83. The number of amides is 1. The van der Waals surface area contributed by atoms with Crippen LogP contribution in [0.2, 0.25) is 0 Å². The van der Waals surface area contributed by atoms with Crippen molar-refractivity contribution in [2.75, 3.05) is 12.4 Å². The molecule has 0 spiro atoms. The number of carboxylic acid groups (broad SMARTS) is 1. The first-order valence-electron chi connectivity index (χ1n) is 6.10. The van der Waals surface area contributed by atoms with E-state index in [-0.39, 0.29) is 23.6 Å². The molecule has 21 heavy (non-hydrogen) atoms. The zero-order valence-electron chi connectivity index (χ0n) is 10.7. The Hall–Kier alpha value is -1.64. The van der Waals surface area contributed by atoms with E-state index in [2.05, 4.69) is 0 Å². The first-order valence-corrected chi connectivity index (χ1v) is 7.96. The molecule has 3 heterocycles. The van der Waals surface area contributed by atoms with Crippen LogP contribution in [0.25, 0.3) is 6.08 Å². The first-order chi connectivity index (χ1) is 10.1. The summed E-state index contributed by atoms with van der Waals surface area (Å²) in [7, 11) is 0. The van der Waals surface area contributed by atoms with Crippen LogP contribution in [0, 0.1) is 0 Å². The highest BCUT2D eigenvalue weighted by Gasteiger charge is 2.52. The van der Waals surface area contributed by atoms with Crippen LogP contribution in [0.15, 0.2) is 38.3 Å². The molecule has 1 atom stereocenters. The molecule has 0 radical (unpaired) electrons. The van der Waals surface area contributed by atoms with Gasteiger partial charge in [0.25, 0.3) is 5.91 Å². The van der Waals surface area contributed by atoms with E-state index in [1.165, 1.54) is 34.7 Å².